The van der Waals surface area contributed by atoms with E-state index in [9.17, 15) is 19.2 Å². The second-order valence-corrected chi connectivity index (χ2v) is 9.50. The van der Waals surface area contributed by atoms with Gasteiger partial charge in [-0.15, -0.1) is 0 Å². The molecule has 0 spiro atoms. The topological polar surface area (TPSA) is 137 Å². The maximum absolute atomic E-state index is 11.9. The van der Waals surface area contributed by atoms with Gasteiger partial charge in [-0.1, -0.05) is 12.8 Å². The third-order valence-corrected chi connectivity index (χ3v) is 7.13. The van der Waals surface area contributed by atoms with Crippen LogP contribution in [-0.4, -0.2) is 65.1 Å². The third-order valence-electron chi connectivity index (χ3n) is 5.62. The van der Waals surface area contributed by atoms with Gasteiger partial charge < -0.3 is 26.4 Å². The number of hydrogen-bond acceptors (Lipinski definition) is 5. The number of fused-ring (bicyclic) bond motifs is 1. The van der Waals surface area contributed by atoms with Crippen molar-refractivity contribution in [2.45, 2.75) is 88.0 Å². The Labute approximate surface area is 188 Å². The van der Waals surface area contributed by atoms with Gasteiger partial charge in [-0.3, -0.25) is 14.4 Å². The summed E-state index contributed by atoms with van der Waals surface area (Å²) in [6.07, 6.45) is 7.69. The number of rotatable bonds is 16. The minimum Gasteiger partial charge on any atom is -0.481 e. The highest BCUT2D eigenvalue weighted by Crippen LogP contribution is 2.33. The van der Waals surface area contributed by atoms with Crippen LogP contribution in [0.1, 0.15) is 70.6 Å². The summed E-state index contributed by atoms with van der Waals surface area (Å²) in [7, 11) is 0. The van der Waals surface area contributed by atoms with Crippen LogP contribution in [0.25, 0.3) is 0 Å². The molecule has 5 N–H and O–H groups in total. The summed E-state index contributed by atoms with van der Waals surface area (Å²) in [5, 5.41) is 20.7. The molecule has 0 radical (unpaired) electrons. The molecule has 31 heavy (non-hydrogen) atoms. The van der Waals surface area contributed by atoms with E-state index in [1.54, 1.807) is 0 Å². The first-order valence-corrected chi connectivity index (χ1v) is 12.4. The van der Waals surface area contributed by atoms with Gasteiger partial charge in [0.25, 0.3) is 0 Å². The normalized spacial score (nSPS) is 21.8. The Hall–Kier alpha value is -1.97. The molecule has 0 aromatic rings. The highest BCUT2D eigenvalue weighted by molar-refractivity contribution is 8.00. The lowest BCUT2D eigenvalue weighted by molar-refractivity contribution is -0.137. The fraction of sp³-hybridized carbons (Fsp3) is 0.810. The average Bonchev–Trinajstić information content (AvgIpc) is 3.26. The van der Waals surface area contributed by atoms with Crippen LogP contribution in [0, 0.1) is 0 Å². The van der Waals surface area contributed by atoms with Gasteiger partial charge in [0.05, 0.1) is 12.1 Å². The first kappa shape index (κ1) is 25.3. The van der Waals surface area contributed by atoms with E-state index in [1.807, 2.05) is 11.8 Å². The number of nitrogens with one attached hydrogen (secondary N) is 4. The van der Waals surface area contributed by atoms with Crippen molar-refractivity contribution in [3.8, 4) is 0 Å². The van der Waals surface area contributed by atoms with Crippen LogP contribution in [0.5, 0.6) is 0 Å². The zero-order valence-corrected chi connectivity index (χ0v) is 18.9. The first-order chi connectivity index (χ1) is 15.0. The smallest absolute Gasteiger partial charge is 0.315 e. The quantitative estimate of drug-likeness (QED) is 0.177. The summed E-state index contributed by atoms with van der Waals surface area (Å²) in [4.78, 5) is 45.4. The van der Waals surface area contributed by atoms with Crippen LogP contribution in [0.2, 0.25) is 0 Å². The Bertz CT molecular complexity index is 619. The molecule has 4 amide bonds. The van der Waals surface area contributed by atoms with Crippen LogP contribution in [0.15, 0.2) is 0 Å². The van der Waals surface area contributed by atoms with Gasteiger partial charge >= 0.3 is 12.0 Å². The van der Waals surface area contributed by atoms with Crippen molar-refractivity contribution in [1.82, 2.24) is 21.3 Å². The number of aliphatic carboxylic acids is 1. The Morgan fingerprint density at radius 2 is 1.48 bits per heavy atom. The van der Waals surface area contributed by atoms with Crippen molar-refractivity contribution in [1.29, 1.82) is 0 Å². The predicted molar refractivity (Wildman–Crippen MR) is 120 cm³/mol. The molecule has 0 saturated carbocycles. The summed E-state index contributed by atoms with van der Waals surface area (Å²) in [5.41, 5.74) is 0. The van der Waals surface area contributed by atoms with Crippen molar-refractivity contribution in [2.24, 2.45) is 0 Å². The van der Waals surface area contributed by atoms with Crippen molar-refractivity contribution < 1.29 is 24.3 Å². The van der Waals surface area contributed by atoms with Crippen LogP contribution in [0.3, 0.4) is 0 Å². The molecule has 176 valence electrons. The number of amides is 4. The highest BCUT2D eigenvalue weighted by Gasteiger charge is 2.42. The Kier molecular flexibility index (Phi) is 11.6. The van der Waals surface area contributed by atoms with Gasteiger partial charge in [-0.05, 0) is 38.5 Å². The molecule has 3 atom stereocenters. The fourth-order valence-corrected chi connectivity index (χ4v) is 5.44. The standard InChI is InChI=1S/C21H36N4O5S/c26-17(9-4-3-8-16-20-15(14-31-16)24-21(30)25-20)23-13-7-5-10-18(27)22-12-6-1-2-11-19(28)29/h15-16,20H,1-14H2,(H,22,27)(H,23,26)(H,28,29)(H2,24,25,30)/t15-,16-,20-/m0/s1. The molecule has 0 aliphatic carbocycles. The second kappa shape index (κ2) is 14.2. The Balaban J connectivity index is 1.37. The van der Waals surface area contributed by atoms with E-state index in [0.29, 0.717) is 37.6 Å². The van der Waals surface area contributed by atoms with Crippen molar-refractivity contribution >= 4 is 35.6 Å². The lowest BCUT2D eigenvalue weighted by atomic mass is 10.0. The second-order valence-electron chi connectivity index (χ2n) is 8.23. The lowest BCUT2D eigenvalue weighted by Crippen LogP contribution is -2.36. The molecule has 2 aliphatic heterocycles. The first-order valence-electron chi connectivity index (χ1n) is 11.4. The van der Waals surface area contributed by atoms with E-state index >= 15 is 0 Å². The number of carbonyl (C=O) groups excluding carboxylic acids is 3. The SMILES string of the molecule is O=C(O)CCCCCNC(=O)CCCCNC(=O)CCCC[C@@H]1SC[C@@H]2NC(=O)N[C@@H]21. The van der Waals surface area contributed by atoms with Gasteiger partial charge in [-0.25, -0.2) is 4.79 Å². The molecule has 2 rings (SSSR count). The summed E-state index contributed by atoms with van der Waals surface area (Å²) in [5.74, 6) is 0.235. The van der Waals surface area contributed by atoms with Crippen molar-refractivity contribution in [2.75, 3.05) is 18.8 Å². The molecule has 10 heteroatoms. The van der Waals surface area contributed by atoms with Gasteiger partial charge in [-0.2, -0.15) is 11.8 Å². The minimum absolute atomic E-state index is 0.00485. The molecule has 2 fully saturated rings. The molecule has 0 unspecified atom stereocenters. The number of unbranched alkanes of at least 4 members (excludes halogenated alkanes) is 4. The highest BCUT2D eigenvalue weighted by atomic mass is 32.2. The summed E-state index contributed by atoms with van der Waals surface area (Å²) >= 11 is 1.89. The predicted octanol–water partition coefficient (Wildman–Crippen LogP) is 1.76. The molecule has 2 saturated heterocycles. The van der Waals surface area contributed by atoms with E-state index in [0.717, 1.165) is 50.7 Å². The zero-order valence-electron chi connectivity index (χ0n) is 18.1. The Morgan fingerprint density at radius 3 is 2.16 bits per heavy atom. The van der Waals surface area contributed by atoms with Crippen LogP contribution >= 0.6 is 11.8 Å². The van der Waals surface area contributed by atoms with E-state index in [1.165, 1.54) is 0 Å². The molecule has 9 nitrogen and oxygen atoms in total. The number of urea groups is 1. The maximum Gasteiger partial charge on any atom is 0.315 e. The van der Waals surface area contributed by atoms with Crippen LogP contribution in [0.4, 0.5) is 4.79 Å². The summed E-state index contributed by atoms with van der Waals surface area (Å²) in [6.45, 7) is 1.17. The van der Waals surface area contributed by atoms with Gasteiger partial charge in [0.2, 0.25) is 11.8 Å². The molecule has 2 aliphatic rings. The van der Waals surface area contributed by atoms with E-state index < -0.39 is 5.97 Å². The van der Waals surface area contributed by atoms with E-state index in [2.05, 4.69) is 21.3 Å². The van der Waals surface area contributed by atoms with Gasteiger partial charge in [0, 0.05) is 43.4 Å². The molecule has 0 aromatic heterocycles. The van der Waals surface area contributed by atoms with E-state index in [4.69, 9.17) is 5.11 Å². The lowest BCUT2D eigenvalue weighted by Gasteiger charge is -2.16. The molecular formula is C21H36N4O5S. The van der Waals surface area contributed by atoms with Crippen LogP contribution in [-0.2, 0) is 14.4 Å². The number of carboxylic acid groups (broad SMARTS) is 1. The number of carbonyl (C=O) groups is 4. The number of carboxylic acids is 1. The fourth-order valence-electron chi connectivity index (χ4n) is 3.90. The van der Waals surface area contributed by atoms with Crippen molar-refractivity contribution in [3.05, 3.63) is 0 Å². The number of hydrogen-bond donors (Lipinski definition) is 5. The number of thioether (sulfide) groups is 1. The molecular weight excluding hydrogens is 420 g/mol. The van der Waals surface area contributed by atoms with Gasteiger partial charge in [0.15, 0.2) is 0 Å². The summed E-state index contributed by atoms with van der Waals surface area (Å²) < 4.78 is 0. The zero-order chi connectivity index (χ0) is 22.5. The molecule has 2 heterocycles. The monoisotopic (exact) mass is 456 g/mol. The van der Waals surface area contributed by atoms with Crippen LogP contribution < -0.4 is 21.3 Å². The minimum atomic E-state index is -0.782. The Morgan fingerprint density at radius 1 is 0.871 bits per heavy atom. The van der Waals surface area contributed by atoms with Gasteiger partial charge in [0.1, 0.15) is 0 Å². The largest absolute Gasteiger partial charge is 0.481 e. The molecule has 0 aromatic carbocycles. The average molecular weight is 457 g/mol. The van der Waals surface area contributed by atoms with Crippen molar-refractivity contribution in [3.63, 3.8) is 0 Å². The maximum atomic E-state index is 11.9. The third kappa shape index (κ3) is 10.3. The van der Waals surface area contributed by atoms with E-state index in [-0.39, 0.29) is 36.3 Å². The molecule has 0 bridgehead atoms. The summed E-state index contributed by atoms with van der Waals surface area (Å²) in [6, 6.07) is 0.405.